The summed E-state index contributed by atoms with van der Waals surface area (Å²) in [4.78, 5) is 13.0. The molecule has 1 rings (SSSR count). The minimum absolute atomic E-state index is 0.154. The minimum atomic E-state index is -0.154. The van der Waals surface area contributed by atoms with Crippen molar-refractivity contribution in [2.75, 3.05) is 26.7 Å². The molecular formula is C8H16N2O2S. The number of hydrogen-bond donors (Lipinski definition) is 1. The molecule has 13 heavy (non-hydrogen) atoms. The molecule has 4 nitrogen and oxygen atoms in total. The van der Waals surface area contributed by atoms with Gasteiger partial charge >= 0.3 is 5.97 Å². The van der Waals surface area contributed by atoms with E-state index in [0.717, 1.165) is 25.9 Å². The minimum Gasteiger partial charge on any atom is -0.468 e. The van der Waals surface area contributed by atoms with Crippen LogP contribution in [-0.2, 0) is 9.53 Å². The maximum Gasteiger partial charge on any atom is 0.319 e. The molecule has 5 heteroatoms. The molecule has 76 valence electrons. The standard InChI is InChI=1S/C8H16N2O2S/c1-12-8(11)6-10-4-2-7(13-9)3-5-10/h7H,2-6,9H2,1H3. The normalized spacial score (nSPS) is 20.2. The molecule has 1 heterocycles. The Bertz CT molecular complexity index is 170. The lowest BCUT2D eigenvalue weighted by molar-refractivity contribution is -0.142. The highest BCUT2D eigenvalue weighted by Crippen LogP contribution is 2.18. The fourth-order valence-corrected chi connectivity index (χ4v) is 1.93. The van der Waals surface area contributed by atoms with Crippen molar-refractivity contribution in [2.45, 2.75) is 18.1 Å². The van der Waals surface area contributed by atoms with Crippen LogP contribution in [0.2, 0.25) is 0 Å². The molecule has 0 aromatic heterocycles. The molecule has 1 aliphatic heterocycles. The van der Waals surface area contributed by atoms with Crippen LogP contribution in [0.1, 0.15) is 12.8 Å². The average molecular weight is 204 g/mol. The number of carbonyl (C=O) groups excluding carboxylic acids is 1. The highest BCUT2D eigenvalue weighted by atomic mass is 32.2. The highest BCUT2D eigenvalue weighted by molar-refractivity contribution is 7.97. The molecule has 0 aliphatic carbocycles. The Morgan fingerprint density at radius 2 is 2.23 bits per heavy atom. The third kappa shape index (κ3) is 3.54. The number of carbonyl (C=O) groups is 1. The van der Waals surface area contributed by atoms with Crippen molar-refractivity contribution in [3.8, 4) is 0 Å². The van der Waals surface area contributed by atoms with Gasteiger partial charge in [0, 0.05) is 5.25 Å². The van der Waals surface area contributed by atoms with Gasteiger partial charge in [-0.3, -0.25) is 14.8 Å². The first-order valence-corrected chi connectivity index (χ1v) is 5.35. The van der Waals surface area contributed by atoms with E-state index in [-0.39, 0.29) is 5.97 Å². The molecule has 0 aromatic rings. The van der Waals surface area contributed by atoms with Crippen molar-refractivity contribution in [3.63, 3.8) is 0 Å². The number of ether oxygens (including phenoxy) is 1. The molecule has 0 amide bonds. The third-order valence-corrected chi connectivity index (χ3v) is 3.16. The van der Waals surface area contributed by atoms with Gasteiger partial charge in [-0.15, -0.1) is 0 Å². The molecule has 2 N–H and O–H groups in total. The Morgan fingerprint density at radius 1 is 1.62 bits per heavy atom. The van der Waals surface area contributed by atoms with Crippen LogP contribution in [0.25, 0.3) is 0 Å². The summed E-state index contributed by atoms with van der Waals surface area (Å²) in [5, 5.41) is 6.05. The Labute approximate surface area is 82.9 Å². The molecule has 0 unspecified atom stereocenters. The molecule has 0 atom stereocenters. The number of nitrogens with zero attached hydrogens (tertiary/aromatic N) is 1. The number of likely N-dealkylation sites (tertiary alicyclic amines) is 1. The van der Waals surface area contributed by atoms with E-state index in [9.17, 15) is 4.79 Å². The van der Waals surface area contributed by atoms with Crippen molar-refractivity contribution in [1.82, 2.24) is 4.90 Å². The van der Waals surface area contributed by atoms with Gasteiger partial charge in [0.15, 0.2) is 0 Å². The molecule has 0 saturated carbocycles. The zero-order valence-corrected chi connectivity index (χ0v) is 8.68. The second kappa shape index (κ2) is 5.47. The van der Waals surface area contributed by atoms with Crippen LogP contribution < -0.4 is 5.14 Å². The van der Waals surface area contributed by atoms with Crippen LogP contribution in [0.5, 0.6) is 0 Å². The summed E-state index contributed by atoms with van der Waals surface area (Å²) >= 11 is 1.43. The molecule has 1 aliphatic rings. The van der Waals surface area contributed by atoms with Gasteiger partial charge in [-0.25, -0.2) is 0 Å². The van der Waals surface area contributed by atoms with E-state index in [1.807, 2.05) is 0 Å². The van der Waals surface area contributed by atoms with Crippen molar-refractivity contribution in [3.05, 3.63) is 0 Å². The monoisotopic (exact) mass is 204 g/mol. The van der Waals surface area contributed by atoms with E-state index in [1.54, 1.807) is 0 Å². The fourth-order valence-electron chi connectivity index (χ4n) is 1.45. The lowest BCUT2D eigenvalue weighted by atomic mass is 10.1. The molecule has 0 aromatic carbocycles. The van der Waals surface area contributed by atoms with Gasteiger partial charge in [-0.05, 0) is 25.9 Å². The van der Waals surface area contributed by atoms with Crippen LogP contribution in [-0.4, -0.2) is 42.9 Å². The third-order valence-electron chi connectivity index (χ3n) is 2.31. The number of methoxy groups -OCH3 is 1. The topological polar surface area (TPSA) is 55.6 Å². The van der Waals surface area contributed by atoms with E-state index in [0.29, 0.717) is 11.8 Å². The molecule has 0 radical (unpaired) electrons. The van der Waals surface area contributed by atoms with E-state index in [1.165, 1.54) is 19.1 Å². The van der Waals surface area contributed by atoms with Gasteiger partial charge in [0.05, 0.1) is 13.7 Å². The van der Waals surface area contributed by atoms with Crippen molar-refractivity contribution < 1.29 is 9.53 Å². The van der Waals surface area contributed by atoms with Crippen molar-refractivity contribution in [2.24, 2.45) is 5.14 Å². The molecule has 0 bridgehead atoms. The summed E-state index contributed by atoms with van der Waals surface area (Å²) < 4.78 is 4.60. The zero-order chi connectivity index (χ0) is 9.68. The summed E-state index contributed by atoms with van der Waals surface area (Å²) in [6.45, 7) is 2.31. The number of hydrogen-bond acceptors (Lipinski definition) is 5. The van der Waals surface area contributed by atoms with Crippen LogP contribution in [0.3, 0.4) is 0 Å². The highest BCUT2D eigenvalue weighted by Gasteiger charge is 2.20. The summed E-state index contributed by atoms with van der Waals surface area (Å²) in [6.07, 6.45) is 2.14. The van der Waals surface area contributed by atoms with Gasteiger partial charge in [0.25, 0.3) is 0 Å². The number of esters is 1. The Balaban J connectivity index is 2.21. The van der Waals surface area contributed by atoms with E-state index in [4.69, 9.17) is 5.14 Å². The lowest BCUT2D eigenvalue weighted by Crippen LogP contribution is -2.38. The average Bonchev–Trinajstić information content (AvgIpc) is 2.19. The largest absolute Gasteiger partial charge is 0.468 e. The maximum atomic E-state index is 10.9. The zero-order valence-electron chi connectivity index (χ0n) is 7.86. The summed E-state index contributed by atoms with van der Waals surface area (Å²) in [6, 6.07) is 0. The van der Waals surface area contributed by atoms with Crippen LogP contribution in [0, 0.1) is 0 Å². The van der Waals surface area contributed by atoms with E-state index >= 15 is 0 Å². The SMILES string of the molecule is COC(=O)CN1CCC(SN)CC1. The number of nitrogens with two attached hydrogens (primary N) is 1. The van der Waals surface area contributed by atoms with E-state index in [2.05, 4.69) is 9.64 Å². The van der Waals surface area contributed by atoms with E-state index < -0.39 is 0 Å². The van der Waals surface area contributed by atoms with Crippen molar-refractivity contribution in [1.29, 1.82) is 0 Å². The second-order valence-corrected chi connectivity index (χ2v) is 4.13. The summed E-state index contributed by atoms with van der Waals surface area (Å²) in [7, 11) is 1.42. The molecular weight excluding hydrogens is 188 g/mol. The predicted octanol–water partition coefficient (Wildman–Crippen LogP) is 0.231. The van der Waals surface area contributed by atoms with Gasteiger partial charge < -0.3 is 4.74 Å². The van der Waals surface area contributed by atoms with Gasteiger partial charge in [-0.2, -0.15) is 0 Å². The first-order chi connectivity index (χ1) is 6.26. The Kier molecular flexibility index (Phi) is 4.55. The second-order valence-electron chi connectivity index (χ2n) is 3.19. The first kappa shape index (κ1) is 10.8. The van der Waals surface area contributed by atoms with Crippen molar-refractivity contribution >= 4 is 17.9 Å². The van der Waals surface area contributed by atoms with Crippen LogP contribution in [0.4, 0.5) is 0 Å². The molecule has 1 fully saturated rings. The maximum absolute atomic E-state index is 10.9. The molecule has 1 saturated heterocycles. The Hall–Kier alpha value is -0.260. The summed E-state index contributed by atoms with van der Waals surface area (Å²) in [5.41, 5.74) is 0. The number of piperidine rings is 1. The van der Waals surface area contributed by atoms with Gasteiger partial charge in [0.1, 0.15) is 0 Å². The predicted molar refractivity (Wildman–Crippen MR) is 53.3 cm³/mol. The Morgan fingerprint density at radius 3 is 2.69 bits per heavy atom. The molecule has 0 spiro atoms. The first-order valence-electron chi connectivity index (χ1n) is 4.41. The van der Waals surface area contributed by atoms with Gasteiger partial charge in [-0.1, -0.05) is 11.9 Å². The fraction of sp³-hybridized carbons (Fsp3) is 0.875. The summed E-state index contributed by atoms with van der Waals surface area (Å²) in [5.74, 6) is -0.154. The smallest absolute Gasteiger partial charge is 0.319 e. The quantitative estimate of drug-likeness (QED) is 0.527. The van der Waals surface area contributed by atoms with Crippen LogP contribution in [0.15, 0.2) is 0 Å². The van der Waals surface area contributed by atoms with Crippen LogP contribution >= 0.6 is 11.9 Å². The number of rotatable bonds is 3. The van der Waals surface area contributed by atoms with Gasteiger partial charge in [0.2, 0.25) is 0 Å². The lowest BCUT2D eigenvalue weighted by Gasteiger charge is -2.29.